The minimum Gasteiger partial charge on any atom is -0.370 e. The Balaban J connectivity index is 2.40. The number of nitrogens with one attached hydrogen (secondary N) is 1. The van der Waals surface area contributed by atoms with Gasteiger partial charge in [0.2, 0.25) is 0 Å². The van der Waals surface area contributed by atoms with Crippen molar-refractivity contribution in [3.63, 3.8) is 0 Å². The highest BCUT2D eigenvalue weighted by Gasteiger charge is 2.10. The van der Waals surface area contributed by atoms with Crippen molar-refractivity contribution in [2.24, 2.45) is 0 Å². The third-order valence-corrected chi connectivity index (χ3v) is 3.32. The van der Waals surface area contributed by atoms with Crippen molar-refractivity contribution in [1.82, 2.24) is 15.0 Å². The number of pyridine rings is 1. The van der Waals surface area contributed by atoms with E-state index in [1.165, 1.54) is 0 Å². The smallest absolute Gasteiger partial charge is 0.180 e. The highest BCUT2D eigenvalue weighted by atomic mass is 79.9. The van der Waals surface area contributed by atoms with Gasteiger partial charge in [0.15, 0.2) is 5.82 Å². The van der Waals surface area contributed by atoms with Gasteiger partial charge in [0.05, 0.1) is 0 Å². The van der Waals surface area contributed by atoms with Crippen molar-refractivity contribution in [2.75, 3.05) is 11.9 Å². The molecule has 0 radical (unpaired) electrons. The van der Waals surface area contributed by atoms with E-state index in [2.05, 4.69) is 57.0 Å². The Kier molecular flexibility index (Phi) is 5.06. The van der Waals surface area contributed by atoms with Crippen molar-refractivity contribution in [3.05, 3.63) is 34.6 Å². The van der Waals surface area contributed by atoms with Crippen LogP contribution in [0.5, 0.6) is 0 Å². The first-order valence-corrected chi connectivity index (χ1v) is 7.64. The van der Waals surface area contributed by atoms with E-state index in [0.717, 1.165) is 34.6 Å². The molecule has 0 aromatic carbocycles. The largest absolute Gasteiger partial charge is 0.370 e. The van der Waals surface area contributed by atoms with Gasteiger partial charge in [-0.05, 0) is 40.4 Å². The Labute approximate surface area is 128 Å². The average Bonchev–Trinajstić information content (AvgIpc) is 2.45. The minimum absolute atomic E-state index is 0.356. The van der Waals surface area contributed by atoms with Crippen LogP contribution in [0.2, 0.25) is 0 Å². The summed E-state index contributed by atoms with van der Waals surface area (Å²) in [4.78, 5) is 13.5. The van der Waals surface area contributed by atoms with Gasteiger partial charge in [-0.2, -0.15) is 0 Å². The number of hydrogen-bond donors (Lipinski definition) is 1. The number of rotatable bonds is 5. The van der Waals surface area contributed by atoms with E-state index in [1.807, 2.05) is 18.2 Å². The summed E-state index contributed by atoms with van der Waals surface area (Å²) in [6.07, 6.45) is 2.83. The Hall–Kier alpha value is -1.49. The SMILES string of the molecule is CCCNc1cc(C(C)C)nc(-c2ccc(Br)cn2)n1. The normalized spacial score (nSPS) is 10.8. The Morgan fingerprint density at radius 3 is 2.65 bits per heavy atom. The first-order chi connectivity index (χ1) is 9.60. The summed E-state index contributed by atoms with van der Waals surface area (Å²) < 4.78 is 0.950. The molecule has 0 saturated heterocycles. The maximum atomic E-state index is 4.61. The molecule has 5 heteroatoms. The van der Waals surface area contributed by atoms with Crippen LogP contribution in [0.3, 0.4) is 0 Å². The molecule has 0 atom stereocenters. The molecule has 2 aromatic heterocycles. The highest BCUT2D eigenvalue weighted by molar-refractivity contribution is 9.10. The van der Waals surface area contributed by atoms with Gasteiger partial charge in [-0.3, -0.25) is 4.98 Å². The lowest BCUT2D eigenvalue weighted by atomic mass is 10.1. The summed E-state index contributed by atoms with van der Waals surface area (Å²) in [6.45, 7) is 7.30. The number of hydrogen-bond acceptors (Lipinski definition) is 4. The minimum atomic E-state index is 0.356. The molecule has 0 aliphatic rings. The zero-order chi connectivity index (χ0) is 14.5. The molecule has 0 amide bonds. The molecular weight excluding hydrogens is 316 g/mol. The molecule has 1 N–H and O–H groups in total. The lowest BCUT2D eigenvalue weighted by Crippen LogP contribution is -2.06. The predicted molar refractivity (Wildman–Crippen MR) is 85.8 cm³/mol. The standard InChI is InChI=1S/C15H19BrN4/c1-4-7-17-14-8-13(10(2)3)19-15(20-14)12-6-5-11(16)9-18-12/h5-6,8-10H,4,7H2,1-3H3,(H,17,19,20). The van der Waals surface area contributed by atoms with E-state index < -0.39 is 0 Å². The number of nitrogens with zero attached hydrogens (tertiary/aromatic N) is 3. The van der Waals surface area contributed by atoms with Crippen LogP contribution in [0.4, 0.5) is 5.82 Å². The van der Waals surface area contributed by atoms with Crippen molar-refractivity contribution < 1.29 is 0 Å². The summed E-state index contributed by atoms with van der Waals surface area (Å²) in [6, 6.07) is 5.89. The molecule has 4 nitrogen and oxygen atoms in total. The van der Waals surface area contributed by atoms with Crippen molar-refractivity contribution >= 4 is 21.7 Å². The second-order valence-corrected chi connectivity index (χ2v) is 5.86. The van der Waals surface area contributed by atoms with E-state index in [9.17, 15) is 0 Å². The molecule has 0 aliphatic carbocycles. The van der Waals surface area contributed by atoms with E-state index in [1.54, 1.807) is 6.20 Å². The summed E-state index contributed by atoms with van der Waals surface area (Å²) >= 11 is 3.39. The Morgan fingerprint density at radius 2 is 2.05 bits per heavy atom. The van der Waals surface area contributed by atoms with E-state index in [-0.39, 0.29) is 0 Å². The van der Waals surface area contributed by atoms with Gasteiger partial charge in [-0.1, -0.05) is 20.8 Å². The molecule has 106 valence electrons. The van der Waals surface area contributed by atoms with Gasteiger partial charge in [-0.15, -0.1) is 0 Å². The number of aromatic nitrogens is 3. The van der Waals surface area contributed by atoms with E-state index >= 15 is 0 Å². The van der Waals surface area contributed by atoms with Gasteiger partial charge in [0, 0.05) is 29.0 Å². The summed E-state index contributed by atoms with van der Waals surface area (Å²) in [5.41, 5.74) is 1.81. The maximum Gasteiger partial charge on any atom is 0.180 e. The van der Waals surface area contributed by atoms with Gasteiger partial charge >= 0.3 is 0 Å². The highest BCUT2D eigenvalue weighted by Crippen LogP contribution is 2.21. The fourth-order valence-corrected chi connectivity index (χ4v) is 1.96. The third kappa shape index (κ3) is 3.76. The van der Waals surface area contributed by atoms with Crippen molar-refractivity contribution in [1.29, 1.82) is 0 Å². The molecule has 0 bridgehead atoms. The topological polar surface area (TPSA) is 50.7 Å². The summed E-state index contributed by atoms with van der Waals surface area (Å²) in [7, 11) is 0. The lowest BCUT2D eigenvalue weighted by Gasteiger charge is -2.11. The lowest BCUT2D eigenvalue weighted by molar-refractivity contribution is 0.815. The molecule has 2 rings (SSSR count). The Bertz CT molecular complexity index is 567. The molecule has 0 spiro atoms. The van der Waals surface area contributed by atoms with Crippen molar-refractivity contribution in [2.45, 2.75) is 33.1 Å². The number of halogens is 1. The monoisotopic (exact) mass is 334 g/mol. The zero-order valence-electron chi connectivity index (χ0n) is 12.0. The fraction of sp³-hybridized carbons (Fsp3) is 0.400. The number of anilines is 1. The van der Waals surface area contributed by atoms with Gasteiger partial charge in [0.25, 0.3) is 0 Å². The first kappa shape index (κ1) is 14.9. The molecular formula is C15H19BrN4. The quantitative estimate of drug-likeness (QED) is 0.888. The molecule has 0 saturated carbocycles. The molecule has 0 fully saturated rings. The fourth-order valence-electron chi connectivity index (χ4n) is 1.73. The van der Waals surface area contributed by atoms with Crippen LogP contribution in [0.25, 0.3) is 11.5 Å². The average molecular weight is 335 g/mol. The molecule has 2 aromatic rings. The zero-order valence-corrected chi connectivity index (χ0v) is 13.6. The van der Waals surface area contributed by atoms with Crippen LogP contribution in [0, 0.1) is 0 Å². The van der Waals surface area contributed by atoms with Crippen LogP contribution in [-0.4, -0.2) is 21.5 Å². The molecule has 0 aliphatic heterocycles. The molecule has 2 heterocycles. The van der Waals surface area contributed by atoms with Gasteiger partial charge in [-0.25, -0.2) is 9.97 Å². The van der Waals surface area contributed by atoms with Crippen LogP contribution >= 0.6 is 15.9 Å². The summed E-state index contributed by atoms with van der Waals surface area (Å²) in [5, 5.41) is 3.32. The van der Waals surface area contributed by atoms with Gasteiger partial charge in [0.1, 0.15) is 11.5 Å². The molecule has 20 heavy (non-hydrogen) atoms. The first-order valence-electron chi connectivity index (χ1n) is 6.85. The van der Waals surface area contributed by atoms with Crippen molar-refractivity contribution in [3.8, 4) is 11.5 Å². The van der Waals surface area contributed by atoms with Crippen LogP contribution < -0.4 is 5.32 Å². The maximum absolute atomic E-state index is 4.61. The second kappa shape index (κ2) is 6.79. The van der Waals surface area contributed by atoms with Gasteiger partial charge < -0.3 is 5.32 Å². The molecule has 0 unspecified atom stereocenters. The van der Waals surface area contributed by atoms with Crippen LogP contribution in [-0.2, 0) is 0 Å². The van der Waals surface area contributed by atoms with Crippen LogP contribution in [0.15, 0.2) is 28.9 Å². The third-order valence-electron chi connectivity index (χ3n) is 2.85. The predicted octanol–water partition coefficient (Wildman–Crippen LogP) is 4.25. The Morgan fingerprint density at radius 1 is 1.25 bits per heavy atom. The van der Waals surface area contributed by atoms with Crippen LogP contribution in [0.1, 0.15) is 38.8 Å². The summed E-state index contributed by atoms with van der Waals surface area (Å²) in [5.74, 6) is 1.89. The second-order valence-electron chi connectivity index (χ2n) is 4.94. The van der Waals surface area contributed by atoms with E-state index in [0.29, 0.717) is 11.7 Å². The van der Waals surface area contributed by atoms with E-state index in [4.69, 9.17) is 0 Å².